The summed E-state index contributed by atoms with van der Waals surface area (Å²) in [5.74, 6) is -4.39. The molecular formula is C28H24F6N6O2. The number of carbonyl (C=O) groups is 2. The number of nitrogens with zero attached hydrogens (tertiary/aromatic N) is 3. The molecule has 4 aromatic rings. The number of pyridine rings is 1. The number of rotatable bonds is 10. The normalized spacial score (nSPS) is 12.3. The van der Waals surface area contributed by atoms with Crippen molar-refractivity contribution >= 4 is 11.8 Å². The van der Waals surface area contributed by atoms with E-state index in [-0.39, 0.29) is 29.8 Å². The molecule has 42 heavy (non-hydrogen) atoms. The first kappa shape index (κ1) is 30.2. The van der Waals surface area contributed by atoms with Gasteiger partial charge in [0, 0.05) is 36.1 Å². The summed E-state index contributed by atoms with van der Waals surface area (Å²) in [4.78, 5) is 29.2. The molecule has 0 aliphatic carbocycles. The molecule has 2 heterocycles. The molecule has 0 aliphatic rings. The zero-order valence-electron chi connectivity index (χ0n) is 22.0. The van der Waals surface area contributed by atoms with E-state index in [1.54, 1.807) is 12.1 Å². The summed E-state index contributed by atoms with van der Waals surface area (Å²) in [6.45, 7) is -0.766. The van der Waals surface area contributed by atoms with Crippen LogP contribution < -0.4 is 16.4 Å². The van der Waals surface area contributed by atoms with Gasteiger partial charge < -0.3 is 16.4 Å². The summed E-state index contributed by atoms with van der Waals surface area (Å²) < 4.78 is 83.3. The lowest BCUT2D eigenvalue weighted by Crippen LogP contribution is -2.34. The summed E-state index contributed by atoms with van der Waals surface area (Å²) in [6, 6.07) is 8.40. The second-order valence-electron chi connectivity index (χ2n) is 9.33. The molecule has 1 atom stereocenters. The van der Waals surface area contributed by atoms with E-state index in [1.807, 2.05) is 0 Å². The van der Waals surface area contributed by atoms with Crippen LogP contribution in [0, 0.1) is 17.5 Å². The van der Waals surface area contributed by atoms with Gasteiger partial charge in [0.1, 0.15) is 24.0 Å². The van der Waals surface area contributed by atoms with E-state index in [0.29, 0.717) is 17.2 Å². The number of primary amides is 1. The molecule has 4 rings (SSSR count). The summed E-state index contributed by atoms with van der Waals surface area (Å²) in [7, 11) is 1.46. The first-order valence-electron chi connectivity index (χ1n) is 12.4. The van der Waals surface area contributed by atoms with E-state index in [1.165, 1.54) is 25.4 Å². The fourth-order valence-corrected chi connectivity index (χ4v) is 4.49. The molecule has 14 heteroatoms. The summed E-state index contributed by atoms with van der Waals surface area (Å²) in [5, 5.41) is 8.80. The summed E-state index contributed by atoms with van der Waals surface area (Å²) >= 11 is 0. The van der Waals surface area contributed by atoms with Crippen LogP contribution in [-0.2, 0) is 30.5 Å². The topological polar surface area (TPSA) is 115 Å². The Labute approximate surface area is 235 Å². The molecule has 2 aromatic carbocycles. The van der Waals surface area contributed by atoms with E-state index >= 15 is 0 Å². The maximum Gasteiger partial charge on any atom is 0.435 e. The van der Waals surface area contributed by atoms with Crippen LogP contribution in [0.15, 0.2) is 60.9 Å². The zero-order valence-corrected chi connectivity index (χ0v) is 22.0. The molecule has 1 unspecified atom stereocenters. The second kappa shape index (κ2) is 12.4. The maximum absolute atomic E-state index is 14.2. The average molecular weight is 591 g/mol. The smallest absolute Gasteiger partial charge is 0.366 e. The van der Waals surface area contributed by atoms with E-state index in [2.05, 4.69) is 20.7 Å². The lowest BCUT2D eigenvalue weighted by atomic mass is 9.94. The Balaban J connectivity index is 1.72. The number of carbonyl (C=O) groups excluding carboxylic acids is 2. The SMILES string of the molecule is CNCc1cn(CC(=O)NC(Cc2cc(F)cc(F)c2)c2ncccc2-c2ccc(F)c(C(N)=O)c2)nc1C(F)(F)F. The molecule has 0 fully saturated rings. The van der Waals surface area contributed by atoms with Crippen LogP contribution in [0.4, 0.5) is 26.3 Å². The van der Waals surface area contributed by atoms with Gasteiger partial charge in [-0.15, -0.1) is 0 Å². The second-order valence-corrected chi connectivity index (χ2v) is 9.33. The van der Waals surface area contributed by atoms with E-state index in [4.69, 9.17) is 5.73 Å². The van der Waals surface area contributed by atoms with Gasteiger partial charge in [0.15, 0.2) is 5.69 Å². The Morgan fingerprint density at radius 2 is 1.76 bits per heavy atom. The molecule has 0 saturated heterocycles. The minimum atomic E-state index is -4.75. The molecule has 0 saturated carbocycles. The highest BCUT2D eigenvalue weighted by atomic mass is 19.4. The average Bonchev–Trinajstić information content (AvgIpc) is 3.31. The van der Waals surface area contributed by atoms with Crippen LogP contribution >= 0.6 is 0 Å². The van der Waals surface area contributed by atoms with Crippen molar-refractivity contribution in [3.05, 3.63) is 106 Å². The number of amides is 2. The number of halogens is 6. The van der Waals surface area contributed by atoms with Gasteiger partial charge in [-0.1, -0.05) is 12.1 Å². The van der Waals surface area contributed by atoms with Gasteiger partial charge in [0.25, 0.3) is 5.91 Å². The Kier molecular flexibility index (Phi) is 8.95. The Morgan fingerprint density at radius 3 is 2.40 bits per heavy atom. The van der Waals surface area contributed by atoms with Gasteiger partial charge in [-0.05, 0) is 54.9 Å². The van der Waals surface area contributed by atoms with Crippen molar-refractivity contribution in [2.45, 2.75) is 31.7 Å². The quantitative estimate of drug-likeness (QED) is 0.239. The molecule has 0 aliphatic heterocycles. The van der Waals surface area contributed by atoms with E-state index < -0.39 is 59.3 Å². The fourth-order valence-electron chi connectivity index (χ4n) is 4.49. The summed E-state index contributed by atoms with van der Waals surface area (Å²) in [6.07, 6.45) is -2.46. The Hall–Kier alpha value is -4.72. The maximum atomic E-state index is 14.2. The Morgan fingerprint density at radius 1 is 1.05 bits per heavy atom. The number of hydrogen-bond acceptors (Lipinski definition) is 5. The largest absolute Gasteiger partial charge is 0.435 e. The van der Waals surface area contributed by atoms with Crippen LogP contribution in [0.2, 0.25) is 0 Å². The zero-order chi connectivity index (χ0) is 30.6. The van der Waals surface area contributed by atoms with Gasteiger partial charge in [0.05, 0.1) is 17.3 Å². The molecular weight excluding hydrogens is 566 g/mol. The highest BCUT2D eigenvalue weighted by Gasteiger charge is 2.37. The fraction of sp³-hybridized carbons (Fsp3) is 0.214. The highest BCUT2D eigenvalue weighted by Crippen LogP contribution is 2.32. The highest BCUT2D eigenvalue weighted by molar-refractivity contribution is 5.94. The van der Waals surface area contributed by atoms with Crippen LogP contribution in [0.1, 0.15) is 38.9 Å². The number of hydrogen-bond donors (Lipinski definition) is 3. The minimum Gasteiger partial charge on any atom is -0.366 e. The summed E-state index contributed by atoms with van der Waals surface area (Å²) in [5.41, 5.74) is 4.51. The van der Waals surface area contributed by atoms with Crippen LogP contribution in [-0.4, -0.2) is 33.6 Å². The number of alkyl halides is 3. The lowest BCUT2D eigenvalue weighted by Gasteiger charge is -2.22. The van der Waals surface area contributed by atoms with Crippen molar-refractivity contribution in [2.75, 3.05) is 7.05 Å². The van der Waals surface area contributed by atoms with Gasteiger partial charge in [-0.2, -0.15) is 18.3 Å². The minimum absolute atomic E-state index is 0.140. The predicted molar refractivity (Wildman–Crippen MR) is 139 cm³/mol. The van der Waals surface area contributed by atoms with Crippen LogP contribution in [0.3, 0.4) is 0 Å². The first-order valence-corrected chi connectivity index (χ1v) is 12.4. The van der Waals surface area contributed by atoms with Gasteiger partial charge in [-0.3, -0.25) is 19.3 Å². The standard InChI is InChI=1S/C28H24F6N6O2/c1-36-12-17-13-40(39-26(17)28(32,33)34)14-24(41)38-23(9-15-7-18(29)11-19(30)8-15)25-20(3-2-6-37-25)16-4-5-22(31)21(10-16)27(35)42/h2-8,10-11,13,23,36H,9,12,14H2,1H3,(H2,35,42)(H,38,41). The molecule has 8 nitrogen and oxygen atoms in total. The van der Waals surface area contributed by atoms with Crippen molar-refractivity contribution in [1.29, 1.82) is 0 Å². The van der Waals surface area contributed by atoms with Crippen LogP contribution in [0.5, 0.6) is 0 Å². The van der Waals surface area contributed by atoms with E-state index in [9.17, 15) is 35.9 Å². The number of nitrogens with two attached hydrogens (primary N) is 1. The third kappa shape index (κ3) is 7.13. The van der Waals surface area contributed by atoms with Crippen molar-refractivity contribution in [2.24, 2.45) is 5.73 Å². The van der Waals surface area contributed by atoms with Gasteiger partial charge >= 0.3 is 6.18 Å². The number of aromatic nitrogens is 3. The third-order valence-electron chi connectivity index (χ3n) is 6.19. The van der Waals surface area contributed by atoms with E-state index in [0.717, 1.165) is 29.1 Å². The monoisotopic (exact) mass is 590 g/mol. The van der Waals surface area contributed by atoms with Gasteiger partial charge in [0.2, 0.25) is 5.91 Å². The lowest BCUT2D eigenvalue weighted by molar-refractivity contribution is -0.142. The first-order chi connectivity index (χ1) is 19.8. The number of nitrogens with one attached hydrogen (secondary N) is 2. The third-order valence-corrected chi connectivity index (χ3v) is 6.19. The molecule has 0 spiro atoms. The van der Waals surface area contributed by atoms with Gasteiger partial charge in [-0.25, -0.2) is 13.2 Å². The van der Waals surface area contributed by atoms with Crippen molar-refractivity contribution in [3.8, 4) is 11.1 Å². The molecule has 2 aromatic heterocycles. The van der Waals surface area contributed by atoms with Crippen molar-refractivity contribution < 1.29 is 35.9 Å². The number of benzene rings is 2. The molecule has 2 amide bonds. The van der Waals surface area contributed by atoms with Crippen molar-refractivity contribution in [3.63, 3.8) is 0 Å². The van der Waals surface area contributed by atoms with Crippen molar-refractivity contribution in [1.82, 2.24) is 25.4 Å². The Bertz CT molecular complexity index is 1600. The van der Waals surface area contributed by atoms with Crippen LogP contribution in [0.25, 0.3) is 11.1 Å². The molecule has 220 valence electrons. The molecule has 0 bridgehead atoms. The molecule has 0 radical (unpaired) electrons. The molecule has 4 N–H and O–H groups in total. The predicted octanol–water partition coefficient (Wildman–Crippen LogP) is 4.30.